The quantitative estimate of drug-likeness (QED) is 0.164. The molecule has 0 nitrogen and oxygen atoms in total. The summed E-state index contributed by atoms with van der Waals surface area (Å²) >= 11 is 0. The molecule has 0 bridgehead atoms. The molecule has 2 aliphatic rings. The molecule has 0 saturated carbocycles. The van der Waals surface area contributed by atoms with Gasteiger partial charge in [-0.05, 0) is 134 Å². The van der Waals surface area contributed by atoms with Crippen LogP contribution < -0.4 is 0 Å². The lowest BCUT2D eigenvalue weighted by Gasteiger charge is -2.32. The summed E-state index contributed by atoms with van der Waals surface area (Å²) in [6.45, 7) is 0. The van der Waals surface area contributed by atoms with Crippen molar-refractivity contribution >= 4 is 32.3 Å². The van der Waals surface area contributed by atoms with E-state index in [0.717, 1.165) is 0 Å². The Morgan fingerprint density at radius 2 is 0.774 bits per heavy atom. The van der Waals surface area contributed by atoms with Gasteiger partial charge in [0.15, 0.2) is 0 Å². The fraction of sp³-hybridized carbons (Fsp3) is 0.0189. The Morgan fingerprint density at radius 1 is 0.283 bits per heavy atom. The maximum Gasteiger partial charge on any atom is 0.0731 e. The molecule has 1 spiro atoms. The van der Waals surface area contributed by atoms with Gasteiger partial charge in [0.05, 0.1) is 5.41 Å². The van der Waals surface area contributed by atoms with Gasteiger partial charge in [0, 0.05) is 0 Å². The molecule has 0 saturated heterocycles. The van der Waals surface area contributed by atoms with Gasteiger partial charge in [-0.3, -0.25) is 0 Å². The highest BCUT2D eigenvalue weighted by molar-refractivity contribution is 6.31. The minimum atomic E-state index is -0.420. The van der Waals surface area contributed by atoms with Crippen LogP contribution in [0.1, 0.15) is 22.3 Å². The van der Waals surface area contributed by atoms with E-state index in [1.165, 1.54) is 110 Å². The number of benzene rings is 10. The van der Waals surface area contributed by atoms with Crippen molar-refractivity contribution in [2.24, 2.45) is 0 Å². The molecule has 0 aromatic heterocycles. The topological polar surface area (TPSA) is 0 Å². The lowest BCUT2D eigenvalue weighted by Crippen LogP contribution is -2.26. The second kappa shape index (κ2) is 10.6. The highest BCUT2D eigenvalue weighted by atomic mass is 14.5. The fourth-order valence-corrected chi connectivity index (χ4v) is 10.2. The second-order valence-corrected chi connectivity index (χ2v) is 14.7. The molecule has 0 fully saturated rings. The minimum absolute atomic E-state index is 0.420. The van der Waals surface area contributed by atoms with Crippen molar-refractivity contribution < 1.29 is 0 Å². The molecule has 0 heterocycles. The van der Waals surface area contributed by atoms with Crippen LogP contribution in [-0.4, -0.2) is 0 Å². The lowest BCUT2D eigenvalue weighted by atomic mass is 9.68. The van der Waals surface area contributed by atoms with Crippen molar-refractivity contribution in [3.63, 3.8) is 0 Å². The highest BCUT2D eigenvalue weighted by Crippen LogP contribution is 2.66. The predicted octanol–water partition coefficient (Wildman–Crippen LogP) is 13.9. The standard InChI is InChI=1S/C53H32/c1-3-15-33(16-4-1)36-29-37(34-17-5-2-6-18-34)31-38(30-36)45-32-35-19-13-24-43-49(35)50-41(45)23-14-25-44(50)52-51(43)42-22-9-12-28-48(42)53(52)46-26-10-7-20-39(46)40-21-8-11-27-47(40)53/h1-32H. The number of fused-ring (bicyclic) bond motifs is 12. The molecule has 0 atom stereocenters. The summed E-state index contributed by atoms with van der Waals surface area (Å²) in [6, 6.07) is 72.7. The van der Waals surface area contributed by atoms with Crippen molar-refractivity contribution in [2.45, 2.75) is 5.41 Å². The first kappa shape index (κ1) is 28.9. The van der Waals surface area contributed by atoms with Crippen molar-refractivity contribution in [3.8, 4) is 55.6 Å². The van der Waals surface area contributed by atoms with Gasteiger partial charge >= 0.3 is 0 Å². The first-order valence-electron chi connectivity index (χ1n) is 18.6. The van der Waals surface area contributed by atoms with Crippen molar-refractivity contribution in [1.82, 2.24) is 0 Å². The smallest absolute Gasteiger partial charge is 0.0622 e. The van der Waals surface area contributed by atoms with Crippen molar-refractivity contribution in [3.05, 3.63) is 216 Å². The van der Waals surface area contributed by atoms with Crippen LogP contribution >= 0.6 is 0 Å². The summed E-state index contributed by atoms with van der Waals surface area (Å²) in [4.78, 5) is 0. The molecule has 244 valence electrons. The van der Waals surface area contributed by atoms with Crippen LogP contribution in [0.25, 0.3) is 88.0 Å². The molecule has 0 radical (unpaired) electrons. The average molecular weight is 669 g/mol. The molecule has 12 rings (SSSR count). The SMILES string of the molecule is c1ccc(-c2cc(-c3ccccc3)cc(-c3cc4cccc5c6c(c7cccc3c7c45)C3(c4ccccc4-c4ccccc43)c3ccccc3-6)c2)cc1. The minimum Gasteiger partial charge on any atom is -0.0622 e. The van der Waals surface area contributed by atoms with Crippen LogP contribution in [0, 0.1) is 0 Å². The molecular formula is C53H32. The summed E-state index contributed by atoms with van der Waals surface area (Å²) in [6.07, 6.45) is 0. The third-order valence-electron chi connectivity index (χ3n) is 12.2. The maximum absolute atomic E-state index is 2.45. The first-order chi connectivity index (χ1) is 26.3. The summed E-state index contributed by atoms with van der Waals surface area (Å²) in [5.74, 6) is 0. The largest absolute Gasteiger partial charge is 0.0731 e. The van der Waals surface area contributed by atoms with Gasteiger partial charge in [0.1, 0.15) is 0 Å². The summed E-state index contributed by atoms with van der Waals surface area (Å²) < 4.78 is 0. The zero-order valence-electron chi connectivity index (χ0n) is 29.0. The zero-order chi connectivity index (χ0) is 34.7. The summed E-state index contributed by atoms with van der Waals surface area (Å²) in [5, 5.41) is 7.96. The lowest BCUT2D eigenvalue weighted by molar-refractivity contribution is 0.802. The Balaban J connectivity index is 1.24. The van der Waals surface area contributed by atoms with E-state index < -0.39 is 5.41 Å². The first-order valence-corrected chi connectivity index (χ1v) is 18.6. The van der Waals surface area contributed by atoms with E-state index in [9.17, 15) is 0 Å². The van der Waals surface area contributed by atoms with Gasteiger partial charge in [-0.25, -0.2) is 0 Å². The van der Waals surface area contributed by atoms with Gasteiger partial charge in [-0.2, -0.15) is 0 Å². The molecule has 53 heavy (non-hydrogen) atoms. The van der Waals surface area contributed by atoms with Gasteiger partial charge in [-0.1, -0.05) is 170 Å². The monoisotopic (exact) mass is 668 g/mol. The molecule has 0 heteroatoms. The van der Waals surface area contributed by atoms with E-state index in [4.69, 9.17) is 0 Å². The molecular weight excluding hydrogens is 637 g/mol. The van der Waals surface area contributed by atoms with Gasteiger partial charge in [0.2, 0.25) is 0 Å². The van der Waals surface area contributed by atoms with Crippen LogP contribution in [0.5, 0.6) is 0 Å². The van der Waals surface area contributed by atoms with E-state index in [1.807, 2.05) is 0 Å². The number of hydrogen-bond acceptors (Lipinski definition) is 0. The average Bonchev–Trinajstić information content (AvgIpc) is 3.71. The van der Waals surface area contributed by atoms with Crippen LogP contribution in [0.4, 0.5) is 0 Å². The van der Waals surface area contributed by atoms with Crippen molar-refractivity contribution in [1.29, 1.82) is 0 Å². The highest BCUT2D eigenvalue weighted by Gasteiger charge is 2.53. The van der Waals surface area contributed by atoms with Gasteiger partial charge in [-0.15, -0.1) is 0 Å². The van der Waals surface area contributed by atoms with Crippen LogP contribution in [0.15, 0.2) is 194 Å². The fourth-order valence-electron chi connectivity index (χ4n) is 10.2. The molecule has 0 N–H and O–H groups in total. The van der Waals surface area contributed by atoms with Gasteiger partial charge < -0.3 is 0 Å². The maximum atomic E-state index is 2.45. The summed E-state index contributed by atoms with van der Waals surface area (Å²) in [7, 11) is 0. The zero-order valence-corrected chi connectivity index (χ0v) is 29.0. The molecule has 0 unspecified atom stereocenters. The molecule has 2 aliphatic carbocycles. The molecule has 0 amide bonds. The van der Waals surface area contributed by atoms with Crippen LogP contribution in [0.2, 0.25) is 0 Å². The normalized spacial score (nSPS) is 13.4. The molecule has 10 aromatic carbocycles. The van der Waals surface area contributed by atoms with Crippen LogP contribution in [0.3, 0.4) is 0 Å². The van der Waals surface area contributed by atoms with E-state index in [-0.39, 0.29) is 0 Å². The van der Waals surface area contributed by atoms with Crippen molar-refractivity contribution in [2.75, 3.05) is 0 Å². The third kappa shape index (κ3) is 3.75. The number of hydrogen-bond donors (Lipinski definition) is 0. The van der Waals surface area contributed by atoms with Gasteiger partial charge in [0.25, 0.3) is 0 Å². The van der Waals surface area contributed by atoms with E-state index >= 15 is 0 Å². The Labute approximate surface area is 308 Å². The molecule has 10 aromatic rings. The number of rotatable bonds is 3. The van der Waals surface area contributed by atoms with E-state index in [2.05, 4.69) is 194 Å². The molecule has 0 aliphatic heterocycles. The van der Waals surface area contributed by atoms with Crippen LogP contribution in [-0.2, 0) is 5.41 Å². The Kier molecular flexibility index (Phi) is 5.80. The van der Waals surface area contributed by atoms with E-state index in [1.54, 1.807) is 0 Å². The Bertz CT molecular complexity index is 2990. The summed E-state index contributed by atoms with van der Waals surface area (Å²) in [5.41, 5.74) is 17.9. The van der Waals surface area contributed by atoms with E-state index in [0.29, 0.717) is 0 Å². The third-order valence-corrected chi connectivity index (χ3v) is 12.2. The Morgan fingerprint density at radius 3 is 1.42 bits per heavy atom. The second-order valence-electron chi connectivity index (χ2n) is 14.7. The predicted molar refractivity (Wildman–Crippen MR) is 223 cm³/mol. The Hall–Kier alpha value is -6.76.